The SMILES string of the molecule is OC(Cc1ccc(C(F)(F)F)cc1)c1cnns1. The standard InChI is InChI=1S/C11H9F3N2OS/c12-11(13,14)8-3-1-7(2-4-8)5-9(17)10-6-15-16-18-10/h1-4,6,9,17H,5H2. The van der Waals surface area contributed by atoms with Crippen LogP contribution in [0, 0.1) is 0 Å². The maximum Gasteiger partial charge on any atom is 0.416 e. The Bertz CT molecular complexity index is 496. The van der Waals surface area contributed by atoms with Crippen molar-refractivity contribution in [2.45, 2.75) is 18.7 Å². The molecule has 0 saturated heterocycles. The zero-order chi connectivity index (χ0) is 13.2. The number of aliphatic hydroxyl groups excluding tert-OH is 1. The number of halogens is 3. The molecule has 1 heterocycles. The van der Waals surface area contributed by atoms with E-state index in [1.807, 2.05) is 0 Å². The summed E-state index contributed by atoms with van der Waals surface area (Å²) in [5.41, 5.74) is -0.0657. The van der Waals surface area contributed by atoms with E-state index in [4.69, 9.17) is 0 Å². The minimum Gasteiger partial charge on any atom is -0.387 e. The molecule has 1 unspecified atom stereocenters. The van der Waals surface area contributed by atoms with Gasteiger partial charge in [-0.2, -0.15) is 13.2 Å². The van der Waals surface area contributed by atoms with Crippen LogP contribution in [0.25, 0.3) is 0 Å². The first-order valence-corrected chi connectivity index (χ1v) is 5.85. The minimum absolute atomic E-state index is 0.238. The third-order valence-corrected chi connectivity index (χ3v) is 3.18. The first-order valence-electron chi connectivity index (χ1n) is 5.08. The minimum atomic E-state index is -4.33. The van der Waals surface area contributed by atoms with E-state index in [0.717, 1.165) is 23.7 Å². The summed E-state index contributed by atoms with van der Waals surface area (Å²) in [6.07, 6.45) is -3.44. The van der Waals surface area contributed by atoms with E-state index in [-0.39, 0.29) is 6.42 Å². The molecule has 0 bridgehead atoms. The van der Waals surface area contributed by atoms with Crippen LogP contribution < -0.4 is 0 Å². The molecule has 0 spiro atoms. The molecule has 7 heteroatoms. The lowest BCUT2D eigenvalue weighted by Crippen LogP contribution is -2.05. The molecule has 0 aliphatic heterocycles. The Labute approximate surface area is 105 Å². The molecule has 1 N–H and O–H groups in total. The lowest BCUT2D eigenvalue weighted by molar-refractivity contribution is -0.137. The largest absolute Gasteiger partial charge is 0.416 e. The molecule has 0 radical (unpaired) electrons. The number of hydrogen-bond donors (Lipinski definition) is 1. The highest BCUT2D eigenvalue weighted by molar-refractivity contribution is 7.05. The molecular formula is C11H9F3N2OS. The van der Waals surface area contributed by atoms with Crippen LogP contribution in [0.15, 0.2) is 30.5 Å². The summed E-state index contributed by atoms with van der Waals surface area (Å²) in [4.78, 5) is 0.592. The van der Waals surface area contributed by atoms with Crippen LogP contribution in [0.1, 0.15) is 22.1 Å². The van der Waals surface area contributed by atoms with Crippen molar-refractivity contribution in [1.29, 1.82) is 0 Å². The third kappa shape index (κ3) is 3.05. The molecule has 1 atom stereocenters. The van der Waals surface area contributed by atoms with Gasteiger partial charge in [0.2, 0.25) is 0 Å². The van der Waals surface area contributed by atoms with Gasteiger partial charge in [0, 0.05) is 6.42 Å². The van der Waals surface area contributed by atoms with Crippen molar-refractivity contribution < 1.29 is 18.3 Å². The van der Waals surface area contributed by atoms with Crippen molar-refractivity contribution in [3.63, 3.8) is 0 Å². The van der Waals surface area contributed by atoms with Crippen LogP contribution in [0.2, 0.25) is 0 Å². The summed E-state index contributed by atoms with van der Waals surface area (Å²) in [6, 6.07) is 4.74. The molecule has 0 fully saturated rings. The van der Waals surface area contributed by atoms with Crippen molar-refractivity contribution >= 4 is 11.5 Å². The van der Waals surface area contributed by atoms with Crippen molar-refractivity contribution in [2.75, 3.05) is 0 Å². The highest BCUT2D eigenvalue weighted by Crippen LogP contribution is 2.29. The Kier molecular flexibility index (Phi) is 3.63. The van der Waals surface area contributed by atoms with Gasteiger partial charge in [0.05, 0.1) is 22.7 Å². The van der Waals surface area contributed by atoms with E-state index >= 15 is 0 Å². The molecule has 0 aliphatic rings. The zero-order valence-electron chi connectivity index (χ0n) is 9.05. The normalized spacial score (nSPS) is 13.6. The summed E-state index contributed by atoms with van der Waals surface area (Å²) in [6.45, 7) is 0. The second-order valence-electron chi connectivity index (χ2n) is 3.73. The van der Waals surface area contributed by atoms with E-state index < -0.39 is 17.8 Å². The first-order chi connectivity index (χ1) is 8.47. The van der Waals surface area contributed by atoms with Crippen LogP contribution in [0.5, 0.6) is 0 Å². The smallest absolute Gasteiger partial charge is 0.387 e. The fourth-order valence-corrected chi connectivity index (χ4v) is 1.96. The van der Waals surface area contributed by atoms with Gasteiger partial charge in [-0.3, -0.25) is 0 Å². The number of alkyl halides is 3. The van der Waals surface area contributed by atoms with Gasteiger partial charge in [-0.15, -0.1) is 5.10 Å². The molecule has 0 aliphatic carbocycles. The van der Waals surface area contributed by atoms with Crippen LogP contribution in [0.4, 0.5) is 13.2 Å². The van der Waals surface area contributed by atoms with E-state index in [2.05, 4.69) is 9.59 Å². The average Bonchev–Trinajstić information content (AvgIpc) is 2.82. The highest BCUT2D eigenvalue weighted by atomic mass is 32.1. The second-order valence-corrected chi connectivity index (χ2v) is 4.55. The monoisotopic (exact) mass is 274 g/mol. The maximum absolute atomic E-state index is 12.3. The molecule has 0 saturated carbocycles. The van der Waals surface area contributed by atoms with E-state index in [1.165, 1.54) is 18.3 Å². The van der Waals surface area contributed by atoms with Crippen molar-refractivity contribution in [1.82, 2.24) is 9.59 Å². The van der Waals surface area contributed by atoms with Crippen molar-refractivity contribution in [3.8, 4) is 0 Å². The summed E-state index contributed by atoms with van der Waals surface area (Å²) < 4.78 is 40.6. The van der Waals surface area contributed by atoms with Gasteiger partial charge in [0.15, 0.2) is 0 Å². The Balaban J connectivity index is 2.07. The van der Waals surface area contributed by atoms with Gasteiger partial charge in [0.1, 0.15) is 0 Å². The van der Waals surface area contributed by atoms with Crippen LogP contribution >= 0.6 is 11.5 Å². The number of nitrogens with zero attached hydrogens (tertiary/aromatic N) is 2. The van der Waals surface area contributed by atoms with Crippen LogP contribution in [-0.2, 0) is 12.6 Å². The molecule has 0 amide bonds. The molecule has 18 heavy (non-hydrogen) atoms. The van der Waals surface area contributed by atoms with Gasteiger partial charge >= 0.3 is 6.18 Å². The summed E-state index contributed by atoms with van der Waals surface area (Å²) in [7, 11) is 0. The Morgan fingerprint density at radius 2 is 1.89 bits per heavy atom. The number of rotatable bonds is 3. The van der Waals surface area contributed by atoms with E-state index in [9.17, 15) is 18.3 Å². The molecule has 3 nitrogen and oxygen atoms in total. The van der Waals surface area contributed by atoms with Gasteiger partial charge in [-0.1, -0.05) is 16.6 Å². The van der Waals surface area contributed by atoms with Crippen molar-refractivity contribution in [2.24, 2.45) is 0 Å². The fraction of sp³-hybridized carbons (Fsp3) is 0.273. The Morgan fingerprint density at radius 3 is 2.39 bits per heavy atom. The maximum atomic E-state index is 12.3. The number of aliphatic hydroxyl groups is 1. The third-order valence-electron chi connectivity index (χ3n) is 2.42. The van der Waals surface area contributed by atoms with Gasteiger partial charge < -0.3 is 5.11 Å². The molecule has 1 aromatic heterocycles. The molecule has 2 rings (SSSR count). The van der Waals surface area contributed by atoms with Crippen LogP contribution in [-0.4, -0.2) is 14.7 Å². The fourth-order valence-electron chi connectivity index (χ4n) is 1.48. The quantitative estimate of drug-likeness (QED) is 0.936. The number of aromatic nitrogens is 2. The molecule has 1 aromatic carbocycles. The average molecular weight is 274 g/mol. The van der Waals surface area contributed by atoms with E-state index in [1.54, 1.807) is 0 Å². The van der Waals surface area contributed by atoms with Gasteiger partial charge in [-0.25, -0.2) is 0 Å². The van der Waals surface area contributed by atoms with Crippen LogP contribution in [0.3, 0.4) is 0 Å². The summed E-state index contributed by atoms with van der Waals surface area (Å²) in [5.74, 6) is 0. The lowest BCUT2D eigenvalue weighted by Gasteiger charge is -2.09. The van der Waals surface area contributed by atoms with Gasteiger partial charge in [-0.05, 0) is 29.2 Å². The van der Waals surface area contributed by atoms with E-state index in [0.29, 0.717) is 10.4 Å². The predicted molar refractivity (Wildman–Crippen MR) is 60.0 cm³/mol. The second kappa shape index (κ2) is 5.03. The number of benzene rings is 1. The first kappa shape index (κ1) is 13.0. The zero-order valence-corrected chi connectivity index (χ0v) is 9.87. The molecule has 2 aromatic rings. The number of hydrogen-bond acceptors (Lipinski definition) is 4. The summed E-state index contributed by atoms with van der Waals surface area (Å²) >= 11 is 1.07. The summed E-state index contributed by atoms with van der Waals surface area (Å²) in [5, 5.41) is 13.4. The highest BCUT2D eigenvalue weighted by Gasteiger charge is 2.30. The Morgan fingerprint density at radius 1 is 1.22 bits per heavy atom. The van der Waals surface area contributed by atoms with Gasteiger partial charge in [0.25, 0.3) is 0 Å². The predicted octanol–water partition coefficient (Wildman–Crippen LogP) is 2.83. The molecular weight excluding hydrogens is 265 g/mol. The molecule has 96 valence electrons. The topological polar surface area (TPSA) is 46.0 Å². The lowest BCUT2D eigenvalue weighted by atomic mass is 10.1. The van der Waals surface area contributed by atoms with Crippen molar-refractivity contribution in [3.05, 3.63) is 46.5 Å². The Hall–Kier alpha value is -1.47.